The van der Waals surface area contributed by atoms with Crippen LogP contribution in [0.1, 0.15) is 11.1 Å². The highest BCUT2D eigenvalue weighted by Gasteiger charge is 2.16. The highest BCUT2D eigenvalue weighted by molar-refractivity contribution is 6.36. The van der Waals surface area contributed by atoms with E-state index in [9.17, 15) is 5.26 Å². The van der Waals surface area contributed by atoms with Gasteiger partial charge in [0.05, 0.1) is 28.9 Å². The van der Waals surface area contributed by atoms with Crippen molar-refractivity contribution < 1.29 is 4.74 Å². The molecule has 3 aromatic rings. The second-order valence-electron chi connectivity index (χ2n) is 5.08. The van der Waals surface area contributed by atoms with Gasteiger partial charge < -0.3 is 4.74 Å². The molecular formula is C18H12Cl2N2O. The molecule has 0 N–H and O–H groups in total. The lowest BCUT2D eigenvalue weighted by Gasteiger charge is -2.12. The SMILES string of the molecule is COc1ccc2nc(-c3ccc(Cl)cc3Cl)c(C#N)c(C)c2c1. The van der Waals surface area contributed by atoms with Crippen LogP contribution in [0.5, 0.6) is 5.75 Å². The standard InChI is InChI=1S/C18H12Cl2N2O/c1-10-14-8-12(23-2)4-6-17(14)22-18(15(10)9-21)13-5-3-11(19)7-16(13)20/h3-8H,1-2H3. The lowest BCUT2D eigenvalue weighted by molar-refractivity contribution is 0.415. The van der Waals surface area contributed by atoms with Gasteiger partial charge in [0.2, 0.25) is 0 Å². The highest BCUT2D eigenvalue weighted by Crippen LogP contribution is 2.35. The number of methoxy groups -OCH3 is 1. The fourth-order valence-electron chi connectivity index (χ4n) is 2.54. The summed E-state index contributed by atoms with van der Waals surface area (Å²) in [6.07, 6.45) is 0. The van der Waals surface area contributed by atoms with Crippen LogP contribution in [0.3, 0.4) is 0 Å². The molecule has 0 fully saturated rings. The third kappa shape index (κ3) is 2.72. The molecule has 1 heterocycles. The largest absolute Gasteiger partial charge is 0.497 e. The molecule has 0 saturated carbocycles. The van der Waals surface area contributed by atoms with E-state index >= 15 is 0 Å². The summed E-state index contributed by atoms with van der Waals surface area (Å²) < 4.78 is 5.25. The number of nitrogens with zero attached hydrogens (tertiary/aromatic N) is 2. The minimum Gasteiger partial charge on any atom is -0.497 e. The van der Waals surface area contributed by atoms with Crippen molar-refractivity contribution in [3.8, 4) is 23.1 Å². The molecule has 0 saturated heterocycles. The Hall–Kier alpha value is -2.28. The van der Waals surface area contributed by atoms with Crippen LogP contribution < -0.4 is 4.74 Å². The predicted molar refractivity (Wildman–Crippen MR) is 93.2 cm³/mol. The predicted octanol–water partition coefficient (Wildman–Crippen LogP) is 5.40. The molecule has 0 bridgehead atoms. The average molecular weight is 343 g/mol. The Kier molecular flexibility index (Phi) is 4.12. The van der Waals surface area contributed by atoms with E-state index in [1.165, 1.54) is 0 Å². The number of benzene rings is 2. The number of hydrogen-bond donors (Lipinski definition) is 0. The summed E-state index contributed by atoms with van der Waals surface area (Å²) in [6, 6.07) is 13.0. The van der Waals surface area contributed by atoms with Gasteiger partial charge in [-0.25, -0.2) is 4.98 Å². The molecule has 1 aromatic heterocycles. The second kappa shape index (κ2) is 6.08. The van der Waals surface area contributed by atoms with E-state index in [1.54, 1.807) is 25.3 Å². The minimum absolute atomic E-state index is 0.466. The van der Waals surface area contributed by atoms with E-state index < -0.39 is 0 Å². The van der Waals surface area contributed by atoms with E-state index in [4.69, 9.17) is 27.9 Å². The van der Waals surface area contributed by atoms with Crippen LogP contribution in [0.15, 0.2) is 36.4 Å². The van der Waals surface area contributed by atoms with E-state index in [-0.39, 0.29) is 0 Å². The second-order valence-corrected chi connectivity index (χ2v) is 5.92. The van der Waals surface area contributed by atoms with Crippen LogP contribution in [0, 0.1) is 18.3 Å². The van der Waals surface area contributed by atoms with Gasteiger partial charge in [0.15, 0.2) is 0 Å². The summed E-state index contributed by atoms with van der Waals surface area (Å²) in [4.78, 5) is 4.64. The zero-order valence-corrected chi connectivity index (χ0v) is 14.0. The molecule has 0 amide bonds. The number of pyridine rings is 1. The van der Waals surface area contributed by atoms with Gasteiger partial charge in [0.1, 0.15) is 11.8 Å². The molecule has 23 heavy (non-hydrogen) atoms. The number of fused-ring (bicyclic) bond motifs is 1. The van der Waals surface area contributed by atoms with E-state index in [2.05, 4.69) is 11.1 Å². The Morgan fingerprint density at radius 1 is 1.13 bits per heavy atom. The van der Waals surface area contributed by atoms with Crippen molar-refractivity contribution in [1.29, 1.82) is 5.26 Å². The van der Waals surface area contributed by atoms with Crippen molar-refractivity contribution in [3.05, 3.63) is 57.6 Å². The third-order valence-corrected chi connectivity index (χ3v) is 4.30. The van der Waals surface area contributed by atoms with E-state index in [0.717, 1.165) is 22.2 Å². The summed E-state index contributed by atoms with van der Waals surface area (Å²) in [7, 11) is 1.61. The monoisotopic (exact) mass is 342 g/mol. The smallest absolute Gasteiger partial charge is 0.119 e. The molecule has 0 aliphatic rings. The molecule has 0 aliphatic carbocycles. The van der Waals surface area contributed by atoms with Crippen LogP contribution in [-0.4, -0.2) is 12.1 Å². The van der Waals surface area contributed by atoms with Crippen molar-refractivity contribution in [2.75, 3.05) is 7.11 Å². The first-order valence-corrected chi connectivity index (χ1v) is 7.64. The number of aromatic nitrogens is 1. The molecular weight excluding hydrogens is 331 g/mol. The first-order chi connectivity index (χ1) is 11.0. The first-order valence-electron chi connectivity index (χ1n) is 6.89. The Morgan fingerprint density at radius 3 is 2.57 bits per heavy atom. The molecule has 0 spiro atoms. The van der Waals surface area contributed by atoms with Gasteiger partial charge in [-0.3, -0.25) is 0 Å². The number of aryl methyl sites for hydroxylation is 1. The molecule has 0 radical (unpaired) electrons. The van der Waals surface area contributed by atoms with Gasteiger partial charge in [0.25, 0.3) is 0 Å². The van der Waals surface area contributed by atoms with Gasteiger partial charge in [-0.15, -0.1) is 0 Å². The lowest BCUT2D eigenvalue weighted by Crippen LogP contribution is -1.97. The molecule has 3 rings (SSSR count). The van der Waals surface area contributed by atoms with Crippen LogP contribution in [0.2, 0.25) is 10.0 Å². The molecule has 3 nitrogen and oxygen atoms in total. The maximum Gasteiger partial charge on any atom is 0.119 e. The maximum absolute atomic E-state index is 9.60. The summed E-state index contributed by atoms with van der Waals surface area (Å²) >= 11 is 12.2. The Balaban J connectivity index is 2.35. The van der Waals surface area contributed by atoms with Crippen molar-refractivity contribution in [3.63, 3.8) is 0 Å². The van der Waals surface area contributed by atoms with Crippen LogP contribution in [-0.2, 0) is 0 Å². The quantitative estimate of drug-likeness (QED) is 0.626. The molecule has 114 valence electrons. The maximum atomic E-state index is 9.60. The van der Waals surface area contributed by atoms with Crippen LogP contribution in [0.25, 0.3) is 22.2 Å². The van der Waals surface area contributed by atoms with Gasteiger partial charge >= 0.3 is 0 Å². The summed E-state index contributed by atoms with van der Waals surface area (Å²) in [5.41, 5.74) is 3.37. The first kappa shape index (κ1) is 15.6. The molecule has 0 unspecified atom stereocenters. The Labute approximate surface area is 144 Å². The fourth-order valence-corrected chi connectivity index (χ4v) is 3.04. The summed E-state index contributed by atoms with van der Waals surface area (Å²) in [6.45, 7) is 1.90. The zero-order chi connectivity index (χ0) is 16.6. The zero-order valence-electron chi connectivity index (χ0n) is 12.5. The molecule has 2 aromatic carbocycles. The van der Waals surface area contributed by atoms with Crippen molar-refractivity contribution in [2.24, 2.45) is 0 Å². The lowest BCUT2D eigenvalue weighted by atomic mass is 9.98. The van der Waals surface area contributed by atoms with Crippen molar-refractivity contribution in [1.82, 2.24) is 4.98 Å². The number of hydrogen-bond acceptors (Lipinski definition) is 3. The minimum atomic E-state index is 0.466. The number of rotatable bonds is 2. The van der Waals surface area contributed by atoms with E-state index in [1.807, 2.05) is 25.1 Å². The molecule has 0 aliphatic heterocycles. The Bertz CT molecular complexity index is 961. The molecule has 5 heteroatoms. The summed E-state index contributed by atoms with van der Waals surface area (Å²) in [5, 5.41) is 11.5. The van der Waals surface area contributed by atoms with Gasteiger partial charge in [-0.2, -0.15) is 5.26 Å². The normalized spacial score (nSPS) is 10.6. The number of nitriles is 1. The Morgan fingerprint density at radius 2 is 1.91 bits per heavy atom. The average Bonchev–Trinajstić information content (AvgIpc) is 2.54. The topological polar surface area (TPSA) is 45.9 Å². The van der Waals surface area contributed by atoms with Gasteiger partial charge in [-0.1, -0.05) is 23.2 Å². The van der Waals surface area contributed by atoms with E-state index in [0.29, 0.717) is 26.9 Å². The van der Waals surface area contributed by atoms with Crippen LogP contribution in [0.4, 0.5) is 0 Å². The van der Waals surface area contributed by atoms with Gasteiger partial charge in [0, 0.05) is 16.0 Å². The number of halogens is 2. The van der Waals surface area contributed by atoms with Crippen LogP contribution >= 0.6 is 23.2 Å². The summed E-state index contributed by atoms with van der Waals surface area (Å²) in [5.74, 6) is 0.726. The third-order valence-electron chi connectivity index (χ3n) is 3.75. The number of ether oxygens (including phenoxy) is 1. The van der Waals surface area contributed by atoms with Gasteiger partial charge in [-0.05, 0) is 48.9 Å². The molecule has 0 atom stereocenters. The van der Waals surface area contributed by atoms with Crippen molar-refractivity contribution in [2.45, 2.75) is 6.92 Å². The van der Waals surface area contributed by atoms with Crippen molar-refractivity contribution >= 4 is 34.1 Å². The fraction of sp³-hybridized carbons (Fsp3) is 0.111. The highest BCUT2D eigenvalue weighted by atomic mass is 35.5.